The van der Waals surface area contributed by atoms with Crippen LogP contribution in [0.3, 0.4) is 0 Å². The Morgan fingerprint density at radius 2 is 1.82 bits per heavy atom. The Morgan fingerprint density at radius 1 is 1.12 bits per heavy atom. The topological polar surface area (TPSA) is 105 Å². The standard InChI is InChI=1S/C24H31N3O6S/c1-17-8-5-6-9-19(17)15-26(18(2)24(29)25-3)23(28)10-7-13-27(34(4,30)31)20-11-12-21-22(14-20)33-16-32-21/h5-6,8-9,11-12,14,18H,7,10,13,15-16H2,1-4H3,(H,25,29)/t18-/m1/s1. The van der Waals surface area contributed by atoms with Crippen LogP contribution in [0.15, 0.2) is 42.5 Å². The maximum atomic E-state index is 13.2. The van der Waals surface area contributed by atoms with E-state index in [0.29, 0.717) is 17.2 Å². The molecule has 2 aromatic rings. The summed E-state index contributed by atoms with van der Waals surface area (Å²) >= 11 is 0. The van der Waals surface area contributed by atoms with Gasteiger partial charge in [-0.2, -0.15) is 0 Å². The van der Waals surface area contributed by atoms with Crippen molar-refractivity contribution in [3.63, 3.8) is 0 Å². The summed E-state index contributed by atoms with van der Waals surface area (Å²) in [6.45, 7) is 4.13. The van der Waals surface area contributed by atoms with E-state index >= 15 is 0 Å². The van der Waals surface area contributed by atoms with E-state index in [1.54, 1.807) is 25.1 Å². The Bertz CT molecular complexity index is 1150. The summed E-state index contributed by atoms with van der Waals surface area (Å²) in [5, 5.41) is 2.59. The number of likely N-dealkylation sites (N-methyl/N-ethyl adjacent to an activating group) is 1. The molecule has 1 N–H and O–H groups in total. The molecular weight excluding hydrogens is 458 g/mol. The number of hydrogen-bond donors (Lipinski definition) is 1. The van der Waals surface area contributed by atoms with Crippen LogP contribution in [-0.2, 0) is 26.2 Å². The molecule has 34 heavy (non-hydrogen) atoms. The Balaban J connectivity index is 1.73. The smallest absolute Gasteiger partial charge is 0.242 e. The molecule has 1 atom stereocenters. The Labute approximate surface area is 200 Å². The van der Waals surface area contributed by atoms with Crippen molar-refractivity contribution in [1.82, 2.24) is 10.2 Å². The number of amides is 2. The van der Waals surface area contributed by atoms with Gasteiger partial charge in [-0.15, -0.1) is 0 Å². The van der Waals surface area contributed by atoms with Crippen molar-refractivity contribution in [2.24, 2.45) is 0 Å². The molecule has 0 radical (unpaired) electrons. The molecule has 3 rings (SSSR count). The van der Waals surface area contributed by atoms with E-state index in [9.17, 15) is 18.0 Å². The molecular formula is C24H31N3O6S. The highest BCUT2D eigenvalue weighted by Gasteiger charge is 2.27. The molecule has 2 amide bonds. The van der Waals surface area contributed by atoms with Gasteiger partial charge in [-0.05, 0) is 43.5 Å². The molecule has 0 aliphatic carbocycles. The van der Waals surface area contributed by atoms with Crippen molar-refractivity contribution >= 4 is 27.5 Å². The molecule has 0 spiro atoms. The van der Waals surface area contributed by atoms with Crippen molar-refractivity contribution in [3.05, 3.63) is 53.6 Å². The Hall–Kier alpha value is -3.27. The molecule has 2 aromatic carbocycles. The third-order valence-corrected chi connectivity index (χ3v) is 7.01. The fourth-order valence-corrected chi connectivity index (χ4v) is 4.76. The lowest BCUT2D eigenvalue weighted by atomic mass is 10.1. The van der Waals surface area contributed by atoms with Crippen LogP contribution in [0.4, 0.5) is 5.69 Å². The monoisotopic (exact) mass is 489 g/mol. The van der Waals surface area contributed by atoms with Gasteiger partial charge in [-0.25, -0.2) is 8.42 Å². The third-order valence-electron chi connectivity index (χ3n) is 5.81. The molecule has 0 saturated heterocycles. The molecule has 10 heteroatoms. The van der Waals surface area contributed by atoms with Gasteiger partial charge >= 0.3 is 0 Å². The minimum atomic E-state index is -3.59. The first-order chi connectivity index (χ1) is 16.1. The summed E-state index contributed by atoms with van der Waals surface area (Å²) in [4.78, 5) is 27.0. The number of anilines is 1. The first kappa shape index (κ1) is 25.4. The quantitative estimate of drug-likeness (QED) is 0.550. The van der Waals surface area contributed by atoms with E-state index in [1.807, 2.05) is 31.2 Å². The number of fused-ring (bicyclic) bond motifs is 1. The lowest BCUT2D eigenvalue weighted by Gasteiger charge is -2.29. The van der Waals surface area contributed by atoms with E-state index in [1.165, 1.54) is 16.3 Å². The number of sulfonamides is 1. The van der Waals surface area contributed by atoms with E-state index in [-0.39, 0.29) is 44.5 Å². The van der Waals surface area contributed by atoms with Crippen molar-refractivity contribution < 1.29 is 27.5 Å². The van der Waals surface area contributed by atoms with Crippen molar-refractivity contribution in [2.45, 2.75) is 39.3 Å². The van der Waals surface area contributed by atoms with Gasteiger partial charge in [0, 0.05) is 32.6 Å². The SMILES string of the molecule is CNC(=O)[C@@H](C)N(Cc1ccccc1C)C(=O)CCCN(c1ccc2c(c1)OCO2)S(C)(=O)=O. The van der Waals surface area contributed by atoms with Crippen LogP contribution in [0, 0.1) is 6.92 Å². The number of carbonyl (C=O) groups is 2. The lowest BCUT2D eigenvalue weighted by molar-refractivity contribution is -0.140. The normalized spacial score (nSPS) is 13.3. The molecule has 1 heterocycles. The highest BCUT2D eigenvalue weighted by atomic mass is 32.2. The summed E-state index contributed by atoms with van der Waals surface area (Å²) in [7, 11) is -2.06. The summed E-state index contributed by atoms with van der Waals surface area (Å²) < 4.78 is 36.8. The van der Waals surface area contributed by atoms with Crippen molar-refractivity contribution in [3.8, 4) is 11.5 Å². The van der Waals surface area contributed by atoms with Crippen LogP contribution in [0.5, 0.6) is 11.5 Å². The zero-order chi connectivity index (χ0) is 24.9. The third kappa shape index (κ3) is 5.99. The van der Waals surface area contributed by atoms with Crippen LogP contribution in [0.2, 0.25) is 0 Å². The molecule has 184 valence electrons. The molecule has 0 fully saturated rings. The number of ether oxygens (including phenoxy) is 2. The van der Waals surface area contributed by atoms with Crippen LogP contribution in [-0.4, -0.2) is 57.8 Å². The first-order valence-corrected chi connectivity index (χ1v) is 12.9. The van der Waals surface area contributed by atoms with Gasteiger partial charge in [0.2, 0.25) is 28.6 Å². The number of benzene rings is 2. The van der Waals surface area contributed by atoms with Gasteiger partial charge in [0.1, 0.15) is 6.04 Å². The molecule has 0 bridgehead atoms. The predicted molar refractivity (Wildman–Crippen MR) is 129 cm³/mol. The van der Waals surface area contributed by atoms with E-state index in [0.717, 1.165) is 17.4 Å². The highest BCUT2D eigenvalue weighted by molar-refractivity contribution is 7.92. The average molecular weight is 490 g/mol. The largest absolute Gasteiger partial charge is 0.454 e. The fraction of sp³-hybridized carbons (Fsp3) is 0.417. The van der Waals surface area contributed by atoms with Gasteiger partial charge in [0.25, 0.3) is 0 Å². The number of nitrogens with one attached hydrogen (secondary N) is 1. The molecule has 0 aromatic heterocycles. The van der Waals surface area contributed by atoms with Gasteiger partial charge in [0.15, 0.2) is 11.5 Å². The second kappa shape index (κ2) is 10.8. The fourth-order valence-electron chi connectivity index (χ4n) is 3.81. The van der Waals surface area contributed by atoms with Crippen LogP contribution < -0.4 is 19.1 Å². The number of rotatable bonds is 10. The predicted octanol–water partition coefficient (Wildman–Crippen LogP) is 2.43. The maximum absolute atomic E-state index is 13.2. The Kier molecular flexibility index (Phi) is 8.03. The minimum absolute atomic E-state index is 0.0871. The number of carbonyl (C=O) groups excluding carboxylic acids is 2. The number of aryl methyl sites for hydroxylation is 1. The summed E-state index contributed by atoms with van der Waals surface area (Å²) in [6, 6.07) is 12.0. The van der Waals surface area contributed by atoms with Gasteiger partial charge < -0.3 is 19.7 Å². The molecule has 0 saturated carbocycles. The number of nitrogens with zero attached hydrogens (tertiary/aromatic N) is 2. The summed E-state index contributed by atoms with van der Waals surface area (Å²) in [5.74, 6) is 0.548. The minimum Gasteiger partial charge on any atom is -0.454 e. The highest BCUT2D eigenvalue weighted by Crippen LogP contribution is 2.36. The second-order valence-electron chi connectivity index (χ2n) is 8.21. The number of hydrogen-bond acceptors (Lipinski definition) is 6. The van der Waals surface area contributed by atoms with Gasteiger partial charge in [-0.1, -0.05) is 24.3 Å². The van der Waals surface area contributed by atoms with Crippen molar-refractivity contribution in [2.75, 3.05) is 30.9 Å². The zero-order valence-corrected chi connectivity index (χ0v) is 20.7. The van der Waals surface area contributed by atoms with Crippen LogP contribution in [0.25, 0.3) is 0 Å². The van der Waals surface area contributed by atoms with E-state index in [4.69, 9.17) is 9.47 Å². The zero-order valence-electron chi connectivity index (χ0n) is 19.9. The van der Waals surface area contributed by atoms with Crippen LogP contribution >= 0.6 is 0 Å². The molecule has 0 unspecified atom stereocenters. The molecule has 9 nitrogen and oxygen atoms in total. The summed E-state index contributed by atoms with van der Waals surface area (Å²) in [5.41, 5.74) is 2.41. The summed E-state index contributed by atoms with van der Waals surface area (Å²) in [6.07, 6.45) is 1.49. The van der Waals surface area contributed by atoms with Crippen molar-refractivity contribution in [1.29, 1.82) is 0 Å². The second-order valence-corrected chi connectivity index (χ2v) is 10.1. The Morgan fingerprint density at radius 3 is 2.50 bits per heavy atom. The molecule has 1 aliphatic heterocycles. The van der Waals surface area contributed by atoms with Crippen LogP contribution in [0.1, 0.15) is 30.9 Å². The van der Waals surface area contributed by atoms with E-state index < -0.39 is 16.1 Å². The maximum Gasteiger partial charge on any atom is 0.242 e. The molecule has 1 aliphatic rings. The average Bonchev–Trinajstić information content (AvgIpc) is 3.27. The lowest BCUT2D eigenvalue weighted by Crippen LogP contribution is -2.47. The van der Waals surface area contributed by atoms with E-state index in [2.05, 4.69) is 5.32 Å². The first-order valence-electron chi connectivity index (χ1n) is 11.0. The van der Waals surface area contributed by atoms with Gasteiger partial charge in [0.05, 0.1) is 11.9 Å². The van der Waals surface area contributed by atoms with Gasteiger partial charge in [-0.3, -0.25) is 13.9 Å².